The zero-order chi connectivity index (χ0) is 21.5. The summed E-state index contributed by atoms with van der Waals surface area (Å²) in [5, 5.41) is 19.4. The SMILES string of the molecule is Cc1nc(-c2ccc(C(=O)NCc3cnc4cnccn34)cc2)ccc1O.O=CO. The van der Waals surface area contributed by atoms with Crippen LogP contribution in [-0.2, 0) is 11.3 Å². The van der Waals surface area contributed by atoms with Gasteiger partial charge in [-0.25, -0.2) is 9.97 Å². The lowest BCUT2D eigenvalue weighted by Gasteiger charge is -2.07. The van der Waals surface area contributed by atoms with Crippen LogP contribution in [0, 0.1) is 6.92 Å². The molecule has 0 saturated heterocycles. The van der Waals surface area contributed by atoms with E-state index in [1.165, 1.54) is 0 Å². The number of carbonyl (C=O) groups excluding carboxylic acids is 1. The van der Waals surface area contributed by atoms with Gasteiger partial charge in [-0.1, -0.05) is 12.1 Å². The van der Waals surface area contributed by atoms with Crippen molar-refractivity contribution < 1.29 is 19.8 Å². The van der Waals surface area contributed by atoms with Gasteiger partial charge in [0.25, 0.3) is 12.4 Å². The van der Waals surface area contributed by atoms with E-state index in [0.717, 1.165) is 22.6 Å². The van der Waals surface area contributed by atoms with Crippen LogP contribution in [0.1, 0.15) is 21.7 Å². The summed E-state index contributed by atoms with van der Waals surface area (Å²) in [6.45, 7) is 1.86. The number of hydrogen-bond donors (Lipinski definition) is 3. The Morgan fingerprint density at radius 2 is 1.90 bits per heavy atom. The fourth-order valence-corrected chi connectivity index (χ4v) is 2.81. The van der Waals surface area contributed by atoms with Gasteiger partial charge in [-0.2, -0.15) is 0 Å². The molecule has 152 valence electrons. The number of carbonyl (C=O) groups is 2. The van der Waals surface area contributed by atoms with Gasteiger partial charge in [-0.05, 0) is 31.2 Å². The lowest BCUT2D eigenvalue weighted by atomic mass is 10.1. The van der Waals surface area contributed by atoms with Crippen LogP contribution in [0.4, 0.5) is 0 Å². The number of fused-ring (bicyclic) bond motifs is 1. The molecule has 30 heavy (non-hydrogen) atoms. The highest BCUT2D eigenvalue weighted by Gasteiger charge is 2.09. The topological polar surface area (TPSA) is 130 Å². The van der Waals surface area contributed by atoms with E-state index >= 15 is 0 Å². The van der Waals surface area contributed by atoms with Gasteiger partial charge in [0, 0.05) is 23.5 Å². The van der Waals surface area contributed by atoms with Crippen molar-refractivity contribution >= 4 is 18.0 Å². The Labute approximate surface area is 171 Å². The van der Waals surface area contributed by atoms with Crippen molar-refractivity contribution in [3.8, 4) is 17.0 Å². The van der Waals surface area contributed by atoms with Crippen LogP contribution < -0.4 is 5.32 Å². The smallest absolute Gasteiger partial charge is 0.290 e. The third-order valence-electron chi connectivity index (χ3n) is 4.32. The molecule has 9 heteroatoms. The van der Waals surface area contributed by atoms with Gasteiger partial charge in [-0.15, -0.1) is 0 Å². The van der Waals surface area contributed by atoms with Crippen LogP contribution in [0.15, 0.2) is 61.2 Å². The number of imidazole rings is 1. The van der Waals surface area contributed by atoms with E-state index in [1.54, 1.807) is 49.8 Å². The maximum Gasteiger partial charge on any atom is 0.290 e. The Kier molecular flexibility index (Phi) is 6.33. The molecule has 0 unspecified atom stereocenters. The lowest BCUT2D eigenvalue weighted by Crippen LogP contribution is -2.23. The molecule has 3 aromatic heterocycles. The van der Waals surface area contributed by atoms with E-state index in [1.807, 2.05) is 22.7 Å². The maximum atomic E-state index is 12.4. The largest absolute Gasteiger partial charge is 0.506 e. The number of aromatic hydroxyl groups is 1. The molecule has 3 N–H and O–H groups in total. The Morgan fingerprint density at radius 1 is 1.17 bits per heavy atom. The summed E-state index contributed by atoms with van der Waals surface area (Å²) in [5.74, 6) is -0.00155. The molecule has 0 fully saturated rings. The van der Waals surface area contributed by atoms with Gasteiger partial charge in [0.15, 0.2) is 5.65 Å². The Hall–Kier alpha value is -4.27. The van der Waals surface area contributed by atoms with Crippen molar-refractivity contribution in [3.05, 3.63) is 78.1 Å². The van der Waals surface area contributed by atoms with Crippen molar-refractivity contribution in [2.24, 2.45) is 0 Å². The minimum absolute atomic E-state index is 0.165. The van der Waals surface area contributed by atoms with E-state index in [2.05, 4.69) is 20.3 Å². The predicted molar refractivity (Wildman–Crippen MR) is 109 cm³/mol. The second-order valence-corrected chi connectivity index (χ2v) is 6.22. The molecular weight excluding hydrogens is 386 g/mol. The molecule has 1 aromatic carbocycles. The monoisotopic (exact) mass is 405 g/mol. The molecule has 9 nitrogen and oxygen atoms in total. The van der Waals surface area contributed by atoms with Crippen molar-refractivity contribution in [2.45, 2.75) is 13.5 Å². The number of rotatable bonds is 4. The van der Waals surface area contributed by atoms with Gasteiger partial charge >= 0.3 is 0 Å². The second-order valence-electron chi connectivity index (χ2n) is 6.22. The van der Waals surface area contributed by atoms with Crippen LogP contribution in [0.2, 0.25) is 0 Å². The summed E-state index contributed by atoms with van der Waals surface area (Å²) < 4.78 is 1.88. The summed E-state index contributed by atoms with van der Waals surface area (Å²) >= 11 is 0. The van der Waals surface area contributed by atoms with Gasteiger partial charge in [0.2, 0.25) is 0 Å². The molecule has 0 aliphatic rings. The third-order valence-corrected chi connectivity index (χ3v) is 4.32. The number of pyridine rings is 1. The molecule has 0 saturated carbocycles. The van der Waals surface area contributed by atoms with Gasteiger partial charge < -0.3 is 15.5 Å². The number of nitrogens with zero attached hydrogens (tertiary/aromatic N) is 4. The number of nitrogens with one attached hydrogen (secondary N) is 1. The number of benzene rings is 1. The normalized spacial score (nSPS) is 10.2. The molecule has 3 heterocycles. The van der Waals surface area contributed by atoms with Gasteiger partial charge in [0.1, 0.15) is 5.75 Å². The minimum Gasteiger partial charge on any atom is -0.506 e. The predicted octanol–water partition coefficient (Wildman–Crippen LogP) is 2.44. The summed E-state index contributed by atoms with van der Waals surface area (Å²) in [4.78, 5) is 33.4. The van der Waals surface area contributed by atoms with Crippen LogP contribution in [0.3, 0.4) is 0 Å². The molecule has 0 spiro atoms. The third kappa shape index (κ3) is 4.58. The van der Waals surface area contributed by atoms with E-state index < -0.39 is 0 Å². The van der Waals surface area contributed by atoms with Crippen LogP contribution in [-0.4, -0.2) is 41.9 Å². The highest BCUT2D eigenvalue weighted by Crippen LogP contribution is 2.22. The zero-order valence-electron chi connectivity index (χ0n) is 16.1. The first kappa shape index (κ1) is 20.5. The van der Waals surface area contributed by atoms with Crippen molar-refractivity contribution in [1.29, 1.82) is 0 Å². The van der Waals surface area contributed by atoms with Crippen molar-refractivity contribution in [1.82, 2.24) is 24.7 Å². The molecule has 4 rings (SSSR count). The van der Waals surface area contributed by atoms with Gasteiger partial charge in [-0.3, -0.25) is 19.0 Å². The summed E-state index contributed by atoms with van der Waals surface area (Å²) in [7, 11) is 0. The molecule has 4 aromatic rings. The second kappa shape index (κ2) is 9.28. The fourth-order valence-electron chi connectivity index (χ4n) is 2.81. The zero-order valence-corrected chi connectivity index (χ0v) is 16.1. The Bertz CT molecular complexity index is 1170. The fraction of sp³-hybridized carbons (Fsp3) is 0.0952. The number of amides is 1. The Balaban J connectivity index is 0.000000806. The molecule has 0 aliphatic heterocycles. The molecular formula is C21H19N5O4. The van der Waals surface area contributed by atoms with Crippen LogP contribution >= 0.6 is 0 Å². The van der Waals surface area contributed by atoms with Crippen LogP contribution in [0.25, 0.3) is 16.9 Å². The highest BCUT2D eigenvalue weighted by molar-refractivity contribution is 5.94. The Morgan fingerprint density at radius 3 is 2.60 bits per heavy atom. The molecule has 0 bridgehead atoms. The molecule has 0 aliphatic carbocycles. The van der Waals surface area contributed by atoms with Gasteiger partial charge in [0.05, 0.1) is 36.0 Å². The maximum absolute atomic E-state index is 12.4. The first-order chi connectivity index (χ1) is 14.5. The number of carboxylic acid groups (broad SMARTS) is 1. The standard InChI is InChI=1S/C20H17N5O2.CH2O2/c1-13-18(26)7-6-17(24-13)14-2-4-15(5-3-14)20(27)23-11-16-10-22-19-12-21-8-9-25(16)19;2-1-3/h2-10,12,26H,11H2,1H3,(H,23,27);1H,(H,2,3). The van der Waals surface area contributed by atoms with E-state index in [-0.39, 0.29) is 18.1 Å². The molecule has 0 atom stereocenters. The highest BCUT2D eigenvalue weighted by atomic mass is 16.3. The summed E-state index contributed by atoms with van der Waals surface area (Å²) in [5.41, 5.74) is 4.37. The van der Waals surface area contributed by atoms with Crippen molar-refractivity contribution in [2.75, 3.05) is 0 Å². The van der Waals surface area contributed by atoms with E-state index in [9.17, 15) is 9.90 Å². The summed E-state index contributed by atoms with van der Waals surface area (Å²) in [6, 6.07) is 10.6. The quantitative estimate of drug-likeness (QED) is 0.445. The first-order valence-corrected chi connectivity index (χ1v) is 8.92. The number of hydrogen-bond acceptors (Lipinski definition) is 6. The average Bonchev–Trinajstić information content (AvgIpc) is 3.18. The first-order valence-electron chi connectivity index (χ1n) is 8.92. The van der Waals surface area contributed by atoms with Crippen molar-refractivity contribution in [3.63, 3.8) is 0 Å². The molecule has 0 radical (unpaired) electrons. The van der Waals surface area contributed by atoms with E-state index in [0.29, 0.717) is 17.8 Å². The summed E-state index contributed by atoms with van der Waals surface area (Å²) in [6.07, 6.45) is 6.88. The lowest BCUT2D eigenvalue weighted by molar-refractivity contribution is -0.122. The van der Waals surface area contributed by atoms with Crippen LogP contribution in [0.5, 0.6) is 5.75 Å². The number of aryl methyl sites for hydroxylation is 1. The minimum atomic E-state index is -0.250. The average molecular weight is 405 g/mol. The number of aromatic nitrogens is 4. The van der Waals surface area contributed by atoms with E-state index in [4.69, 9.17) is 9.90 Å². The molecule has 1 amide bonds.